The average Bonchev–Trinajstić information content (AvgIpc) is 2.83. The first-order valence-corrected chi connectivity index (χ1v) is 12.3. The molecule has 0 saturated carbocycles. The molecule has 0 aliphatic carbocycles. The van der Waals surface area contributed by atoms with E-state index in [0.717, 1.165) is 12.3 Å². The summed E-state index contributed by atoms with van der Waals surface area (Å²) in [7, 11) is 5.79. The number of ether oxygens (including phenoxy) is 6. The second kappa shape index (κ2) is 17.4. The van der Waals surface area contributed by atoms with Gasteiger partial charge in [0.05, 0.1) is 59.5 Å². The molecule has 0 unspecified atom stereocenters. The first-order valence-electron chi connectivity index (χ1n) is 12.3. The fraction of sp³-hybridized carbons (Fsp3) is 0.571. The number of aryl methyl sites for hydroxylation is 2. The van der Waals surface area contributed by atoms with Crippen LogP contribution in [-0.4, -0.2) is 92.2 Å². The highest BCUT2D eigenvalue weighted by Gasteiger charge is 2.10. The van der Waals surface area contributed by atoms with Crippen LogP contribution in [0.25, 0.3) is 11.1 Å². The SMILES string of the molecule is COCCOCCOCCOCCOCCOc1ccc(-c2cc(C)ccc2C)cc1CN(C)C. The molecule has 0 spiro atoms. The van der Waals surface area contributed by atoms with Crippen LogP contribution in [0.3, 0.4) is 0 Å². The Morgan fingerprint density at radius 3 is 1.80 bits per heavy atom. The molecule has 2 aromatic rings. The molecule has 7 heteroatoms. The highest BCUT2D eigenvalue weighted by atomic mass is 16.6. The quantitative estimate of drug-likeness (QED) is 0.275. The zero-order chi connectivity index (χ0) is 25.3. The fourth-order valence-electron chi connectivity index (χ4n) is 3.51. The standard InChI is InChI=1S/C28H43NO6/c1-23-6-7-24(2)27(20-23)25-8-9-28(26(21-25)22-29(3)4)35-19-18-34-17-16-33-15-14-32-13-12-31-11-10-30-5/h6-9,20-21H,10-19,22H2,1-5H3. The van der Waals surface area contributed by atoms with Crippen LogP contribution in [-0.2, 0) is 30.2 Å². The van der Waals surface area contributed by atoms with Crippen molar-refractivity contribution in [2.24, 2.45) is 0 Å². The van der Waals surface area contributed by atoms with E-state index in [9.17, 15) is 0 Å². The van der Waals surface area contributed by atoms with Crippen molar-refractivity contribution in [1.82, 2.24) is 4.90 Å². The normalized spacial score (nSPS) is 11.4. The summed E-state index contributed by atoms with van der Waals surface area (Å²) < 4.78 is 32.9. The highest BCUT2D eigenvalue weighted by molar-refractivity contribution is 5.69. The van der Waals surface area contributed by atoms with Crippen molar-refractivity contribution in [2.75, 3.05) is 87.3 Å². The van der Waals surface area contributed by atoms with Gasteiger partial charge in [-0.05, 0) is 56.8 Å². The van der Waals surface area contributed by atoms with Gasteiger partial charge in [0.25, 0.3) is 0 Å². The molecule has 7 nitrogen and oxygen atoms in total. The van der Waals surface area contributed by atoms with Crippen LogP contribution >= 0.6 is 0 Å². The molecule has 0 radical (unpaired) electrons. The molecule has 0 aliphatic heterocycles. The molecular formula is C28H43NO6. The van der Waals surface area contributed by atoms with Crippen LogP contribution in [0, 0.1) is 13.8 Å². The highest BCUT2D eigenvalue weighted by Crippen LogP contribution is 2.30. The van der Waals surface area contributed by atoms with Gasteiger partial charge < -0.3 is 33.3 Å². The molecule has 0 aliphatic rings. The van der Waals surface area contributed by atoms with E-state index in [4.69, 9.17) is 28.4 Å². The molecular weight excluding hydrogens is 446 g/mol. The van der Waals surface area contributed by atoms with Crippen molar-refractivity contribution < 1.29 is 28.4 Å². The largest absolute Gasteiger partial charge is 0.491 e. The Balaban J connectivity index is 1.65. The predicted octanol–water partition coefficient (Wildman–Crippen LogP) is 4.12. The minimum atomic E-state index is 0.495. The van der Waals surface area contributed by atoms with Gasteiger partial charge in [-0.2, -0.15) is 0 Å². The van der Waals surface area contributed by atoms with E-state index >= 15 is 0 Å². The van der Waals surface area contributed by atoms with Crippen molar-refractivity contribution in [3.63, 3.8) is 0 Å². The second-order valence-electron chi connectivity index (χ2n) is 8.67. The van der Waals surface area contributed by atoms with Gasteiger partial charge in [0, 0.05) is 19.2 Å². The lowest BCUT2D eigenvalue weighted by Gasteiger charge is -2.17. The summed E-state index contributed by atoms with van der Waals surface area (Å²) in [4.78, 5) is 2.15. The minimum Gasteiger partial charge on any atom is -0.491 e. The molecule has 0 fully saturated rings. The Bertz CT molecular complexity index is 842. The molecule has 2 aromatic carbocycles. The average molecular weight is 490 g/mol. The summed E-state index contributed by atoms with van der Waals surface area (Å²) in [5.41, 5.74) is 6.18. The van der Waals surface area contributed by atoms with Gasteiger partial charge in [-0.1, -0.05) is 29.8 Å². The van der Waals surface area contributed by atoms with E-state index in [-0.39, 0.29) is 0 Å². The summed E-state index contributed by atoms with van der Waals surface area (Å²) in [5.74, 6) is 0.899. The van der Waals surface area contributed by atoms with Crippen molar-refractivity contribution in [3.05, 3.63) is 53.1 Å². The number of methoxy groups -OCH3 is 1. The van der Waals surface area contributed by atoms with Crippen LogP contribution in [0.2, 0.25) is 0 Å². The van der Waals surface area contributed by atoms with Crippen LogP contribution in [0.1, 0.15) is 16.7 Å². The molecule has 0 N–H and O–H groups in total. The zero-order valence-corrected chi connectivity index (χ0v) is 22.1. The van der Waals surface area contributed by atoms with Crippen LogP contribution in [0.15, 0.2) is 36.4 Å². The first-order chi connectivity index (χ1) is 17.0. The molecule has 0 heterocycles. The molecule has 0 aromatic heterocycles. The van der Waals surface area contributed by atoms with E-state index in [0.29, 0.717) is 66.1 Å². The Labute approximate surface area is 211 Å². The number of benzene rings is 2. The predicted molar refractivity (Wildman–Crippen MR) is 139 cm³/mol. The molecule has 0 amide bonds. The Hall–Kier alpha value is -2.00. The summed E-state index contributed by atoms with van der Waals surface area (Å²) in [6.45, 7) is 10.6. The first kappa shape index (κ1) is 29.2. The number of hydrogen-bond donors (Lipinski definition) is 0. The maximum absolute atomic E-state index is 6.06. The minimum absolute atomic E-state index is 0.495. The number of nitrogens with zero attached hydrogens (tertiary/aromatic N) is 1. The number of hydrogen-bond acceptors (Lipinski definition) is 7. The summed E-state index contributed by atoms with van der Waals surface area (Å²) in [5, 5.41) is 0. The number of rotatable bonds is 19. The van der Waals surface area contributed by atoms with Crippen LogP contribution in [0.4, 0.5) is 0 Å². The van der Waals surface area contributed by atoms with Gasteiger partial charge in [-0.3, -0.25) is 0 Å². The molecule has 0 bridgehead atoms. The smallest absolute Gasteiger partial charge is 0.123 e. The van der Waals surface area contributed by atoms with Gasteiger partial charge >= 0.3 is 0 Å². The van der Waals surface area contributed by atoms with Gasteiger partial charge in [0.2, 0.25) is 0 Å². The van der Waals surface area contributed by atoms with Gasteiger partial charge in [-0.15, -0.1) is 0 Å². The Kier molecular flexibility index (Phi) is 14.6. The fourth-order valence-corrected chi connectivity index (χ4v) is 3.51. The summed E-state index contributed by atoms with van der Waals surface area (Å²) >= 11 is 0. The molecule has 35 heavy (non-hydrogen) atoms. The van der Waals surface area contributed by atoms with Gasteiger partial charge in [-0.25, -0.2) is 0 Å². The molecule has 0 atom stereocenters. The van der Waals surface area contributed by atoms with Gasteiger partial charge in [0.15, 0.2) is 0 Å². The molecule has 196 valence electrons. The van der Waals surface area contributed by atoms with E-state index in [1.165, 1.54) is 27.8 Å². The van der Waals surface area contributed by atoms with E-state index in [1.807, 2.05) is 0 Å². The summed E-state index contributed by atoms with van der Waals surface area (Å²) in [6.07, 6.45) is 0. The Morgan fingerprint density at radius 1 is 0.657 bits per heavy atom. The van der Waals surface area contributed by atoms with Crippen LogP contribution < -0.4 is 4.74 Å². The van der Waals surface area contributed by atoms with E-state index in [1.54, 1.807) is 7.11 Å². The van der Waals surface area contributed by atoms with Crippen molar-refractivity contribution >= 4 is 0 Å². The lowest BCUT2D eigenvalue weighted by Crippen LogP contribution is -2.15. The lowest BCUT2D eigenvalue weighted by molar-refractivity contribution is -0.00981. The second-order valence-corrected chi connectivity index (χ2v) is 8.67. The molecule has 2 rings (SSSR count). The third-order valence-electron chi connectivity index (χ3n) is 5.28. The zero-order valence-electron chi connectivity index (χ0n) is 22.1. The van der Waals surface area contributed by atoms with E-state index in [2.05, 4.69) is 69.2 Å². The lowest BCUT2D eigenvalue weighted by atomic mass is 9.96. The topological polar surface area (TPSA) is 58.6 Å². The Morgan fingerprint density at radius 2 is 1.23 bits per heavy atom. The maximum Gasteiger partial charge on any atom is 0.123 e. The van der Waals surface area contributed by atoms with Crippen molar-refractivity contribution in [1.29, 1.82) is 0 Å². The summed E-state index contributed by atoms with van der Waals surface area (Å²) in [6, 6.07) is 13.0. The van der Waals surface area contributed by atoms with E-state index < -0.39 is 0 Å². The monoisotopic (exact) mass is 489 g/mol. The third kappa shape index (κ3) is 12.0. The maximum atomic E-state index is 6.06. The van der Waals surface area contributed by atoms with Crippen LogP contribution in [0.5, 0.6) is 5.75 Å². The van der Waals surface area contributed by atoms with Gasteiger partial charge in [0.1, 0.15) is 12.4 Å². The van der Waals surface area contributed by atoms with Crippen molar-refractivity contribution in [2.45, 2.75) is 20.4 Å². The van der Waals surface area contributed by atoms with Crippen molar-refractivity contribution in [3.8, 4) is 16.9 Å². The third-order valence-corrected chi connectivity index (χ3v) is 5.28. The molecule has 0 saturated heterocycles.